The topological polar surface area (TPSA) is 61.8 Å². The normalized spacial score (nSPS) is 13.8. The van der Waals surface area contributed by atoms with Crippen LogP contribution in [-0.4, -0.2) is 32.1 Å². The highest BCUT2D eigenvalue weighted by Crippen LogP contribution is 2.28. The molecule has 0 saturated carbocycles. The lowest BCUT2D eigenvalue weighted by Crippen LogP contribution is -2.23. The Labute approximate surface area is 164 Å². The Bertz CT molecular complexity index is 913. The number of methoxy groups -OCH3 is 2. The quantitative estimate of drug-likeness (QED) is 0.412. The number of carbonyl (C=O) groups excluding carboxylic acids is 2. The van der Waals surface area contributed by atoms with Crippen molar-refractivity contribution >= 4 is 17.8 Å². The van der Waals surface area contributed by atoms with E-state index in [2.05, 4.69) is 0 Å². The lowest BCUT2D eigenvalue weighted by molar-refractivity contribution is -0.140. The first kappa shape index (κ1) is 19.7. The van der Waals surface area contributed by atoms with Crippen LogP contribution in [0.5, 0.6) is 11.5 Å². The number of hydrogen-bond acceptors (Lipinski definition) is 5. The Morgan fingerprint density at radius 1 is 0.964 bits per heavy atom. The van der Waals surface area contributed by atoms with E-state index in [1.165, 1.54) is 17.2 Å². The zero-order valence-corrected chi connectivity index (χ0v) is 16.4. The fourth-order valence-corrected chi connectivity index (χ4v) is 3.35. The van der Waals surface area contributed by atoms with Crippen molar-refractivity contribution in [1.29, 1.82) is 0 Å². The first-order valence-corrected chi connectivity index (χ1v) is 9.28. The number of esters is 1. The van der Waals surface area contributed by atoms with Crippen LogP contribution >= 0.6 is 0 Å². The van der Waals surface area contributed by atoms with E-state index < -0.39 is 12.1 Å². The first-order chi connectivity index (χ1) is 13.5. The van der Waals surface area contributed by atoms with Gasteiger partial charge in [-0.05, 0) is 67.2 Å². The maximum absolute atomic E-state index is 12.6. The summed E-state index contributed by atoms with van der Waals surface area (Å²) in [5, 5.41) is 0. The van der Waals surface area contributed by atoms with Gasteiger partial charge in [0.2, 0.25) is 5.78 Å². The Morgan fingerprint density at radius 3 is 2.46 bits per heavy atom. The van der Waals surface area contributed by atoms with Crippen LogP contribution in [0, 0.1) is 0 Å². The van der Waals surface area contributed by atoms with Crippen molar-refractivity contribution in [1.82, 2.24) is 0 Å². The smallest absolute Gasteiger partial charge is 0.331 e. The number of hydrogen-bond donors (Lipinski definition) is 0. The van der Waals surface area contributed by atoms with Crippen LogP contribution in [0.1, 0.15) is 40.4 Å². The molecule has 5 heteroatoms. The van der Waals surface area contributed by atoms with Crippen LogP contribution in [0.15, 0.2) is 42.5 Å². The summed E-state index contributed by atoms with van der Waals surface area (Å²) in [6.07, 6.45) is 5.25. The van der Waals surface area contributed by atoms with Gasteiger partial charge in [-0.15, -0.1) is 0 Å². The van der Waals surface area contributed by atoms with Crippen molar-refractivity contribution in [3.05, 3.63) is 64.7 Å². The zero-order chi connectivity index (χ0) is 20.1. The number of ether oxygens (including phenoxy) is 3. The summed E-state index contributed by atoms with van der Waals surface area (Å²) in [7, 11) is 3.11. The minimum atomic E-state index is -0.845. The Balaban J connectivity index is 1.62. The van der Waals surface area contributed by atoms with Crippen molar-refractivity contribution in [2.75, 3.05) is 14.2 Å². The van der Waals surface area contributed by atoms with E-state index in [-0.39, 0.29) is 5.78 Å². The Hall–Kier alpha value is -3.08. The number of carbonyl (C=O) groups is 2. The molecule has 2 aromatic rings. The highest BCUT2D eigenvalue weighted by atomic mass is 16.5. The van der Waals surface area contributed by atoms with Crippen LogP contribution in [0.4, 0.5) is 0 Å². The second-order valence-corrected chi connectivity index (χ2v) is 6.73. The molecule has 0 amide bonds. The number of ketones is 1. The number of aryl methyl sites for hydroxylation is 2. The second-order valence-electron chi connectivity index (χ2n) is 6.73. The maximum Gasteiger partial charge on any atom is 0.331 e. The van der Waals surface area contributed by atoms with Gasteiger partial charge in [0, 0.05) is 11.6 Å². The summed E-state index contributed by atoms with van der Waals surface area (Å²) >= 11 is 0. The van der Waals surface area contributed by atoms with E-state index in [9.17, 15) is 9.59 Å². The van der Waals surface area contributed by atoms with Crippen molar-refractivity contribution in [2.24, 2.45) is 0 Å². The van der Waals surface area contributed by atoms with E-state index in [0.717, 1.165) is 24.8 Å². The van der Waals surface area contributed by atoms with Crippen LogP contribution in [0.3, 0.4) is 0 Å². The number of Topliss-reactive ketones (excluding diaryl/α,β-unsaturated/α-hetero) is 1. The van der Waals surface area contributed by atoms with Gasteiger partial charge in [-0.2, -0.15) is 0 Å². The molecule has 5 nitrogen and oxygen atoms in total. The van der Waals surface area contributed by atoms with Crippen LogP contribution in [-0.2, 0) is 22.4 Å². The molecule has 3 rings (SSSR count). The third kappa shape index (κ3) is 4.42. The summed E-state index contributed by atoms with van der Waals surface area (Å²) < 4.78 is 15.7. The van der Waals surface area contributed by atoms with Gasteiger partial charge in [-0.3, -0.25) is 4.79 Å². The maximum atomic E-state index is 12.6. The summed E-state index contributed by atoms with van der Waals surface area (Å²) in [5.41, 5.74) is 3.87. The Morgan fingerprint density at radius 2 is 1.71 bits per heavy atom. The predicted octanol–water partition coefficient (Wildman–Crippen LogP) is 4.02. The van der Waals surface area contributed by atoms with Gasteiger partial charge in [0.15, 0.2) is 17.6 Å². The fourth-order valence-electron chi connectivity index (χ4n) is 3.35. The summed E-state index contributed by atoms with van der Waals surface area (Å²) in [5.74, 6) is 0.410. The standard InChI is InChI=1S/C23H24O5/c1-15(23(25)19-10-9-17-5-4-6-18(17)14-19)28-22(24)12-8-16-7-11-20(26-2)21(13-16)27-3/h7-15H,4-6H2,1-3H3/b12-8+/t15-/m1/s1. The molecular formula is C23H24O5. The van der Waals surface area contributed by atoms with Crippen LogP contribution in [0.25, 0.3) is 6.08 Å². The van der Waals surface area contributed by atoms with Gasteiger partial charge in [0.05, 0.1) is 14.2 Å². The minimum Gasteiger partial charge on any atom is -0.493 e. The molecule has 0 unspecified atom stereocenters. The molecule has 2 aromatic carbocycles. The Kier molecular flexibility index (Phi) is 6.14. The van der Waals surface area contributed by atoms with E-state index in [1.807, 2.05) is 18.2 Å². The molecular weight excluding hydrogens is 356 g/mol. The third-order valence-corrected chi connectivity index (χ3v) is 4.86. The molecule has 0 saturated heterocycles. The highest BCUT2D eigenvalue weighted by Gasteiger charge is 2.20. The van der Waals surface area contributed by atoms with E-state index in [4.69, 9.17) is 14.2 Å². The molecule has 0 heterocycles. The van der Waals surface area contributed by atoms with E-state index in [1.54, 1.807) is 45.4 Å². The lowest BCUT2D eigenvalue weighted by Gasteiger charge is -2.12. The average molecular weight is 380 g/mol. The average Bonchev–Trinajstić information content (AvgIpc) is 3.19. The molecule has 0 radical (unpaired) electrons. The van der Waals surface area contributed by atoms with Crippen molar-refractivity contribution in [2.45, 2.75) is 32.3 Å². The summed E-state index contributed by atoms with van der Waals surface area (Å²) in [6.45, 7) is 1.59. The van der Waals surface area contributed by atoms with Crippen molar-refractivity contribution in [3.63, 3.8) is 0 Å². The molecule has 0 N–H and O–H groups in total. The van der Waals surface area contributed by atoms with Crippen molar-refractivity contribution < 1.29 is 23.8 Å². The second kappa shape index (κ2) is 8.74. The molecule has 28 heavy (non-hydrogen) atoms. The molecule has 0 bridgehead atoms. The molecule has 1 aliphatic rings. The van der Waals surface area contributed by atoms with Crippen molar-refractivity contribution in [3.8, 4) is 11.5 Å². The van der Waals surface area contributed by atoms with E-state index >= 15 is 0 Å². The molecule has 0 fully saturated rings. The molecule has 0 aliphatic heterocycles. The molecule has 1 aliphatic carbocycles. The van der Waals surface area contributed by atoms with Gasteiger partial charge in [-0.1, -0.05) is 18.2 Å². The summed E-state index contributed by atoms with van der Waals surface area (Å²) in [4.78, 5) is 24.7. The van der Waals surface area contributed by atoms with Gasteiger partial charge in [0.1, 0.15) is 0 Å². The van der Waals surface area contributed by atoms with Gasteiger partial charge in [0.25, 0.3) is 0 Å². The molecule has 0 aromatic heterocycles. The monoisotopic (exact) mass is 380 g/mol. The predicted molar refractivity (Wildman–Crippen MR) is 107 cm³/mol. The van der Waals surface area contributed by atoms with Crippen LogP contribution < -0.4 is 9.47 Å². The molecule has 0 spiro atoms. The largest absolute Gasteiger partial charge is 0.493 e. The zero-order valence-electron chi connectivity index (χ0n) is 16.4. The fraction of sp³-hybridized carbons (Fsp3) is 0.304. The molecule has 1 atom stereocenters. The summed E-state index contributed by atoms with van der Waals surface area (Å²) in [6, 6.07) is 11.0. The van der Waals surface area contributed by atoms with Gasteiger partial charge < -0.3 is 14.2 Å². The SMILES string of the molecule is COc1ccc(/C=C/C(=O)O[C@H](C)C(=O)c2ccc3c(c2)CCC3)cc1OC. The molecule has 146 valence electrons. The van der Waals surface area contributed by atoms with Crippen LogP contribution in [0.2, 0.25) is 0 Å². The number of rotatable bonds is 7. The number of fused-ring (bicyclic) bond motifs is 1. The highest BCUT2D eigenvalue weighted by molar-refractivity contribution is 6.01. The van der Waals surface area contributed by atoms with Gasteiger partial charge in [-0.25, -0.2) is 4.79 Å². The lowest BCUT2D eigenvalue weighted by atomic mass is 10.0. The number of benzene rings is 2. The van der Waals surface area contributed by atoms with E-state index in [0.29, 0.717) is 17.1 Å². The van der Waals surface area contributed by atoms with Gasteiger partial charge >= 0.3 is 5.97 Å². The first-order valence-electron chi connectivity index (χ1n) is 9.28. The third-order valence-electron chi connectivity index (χ3n) is 4.86. The minimum absolute atomic E-state index is 0.192.